The van der Waals surface area contributed by atoms with Crippen molar-refractivity contribution in [1.29, 1.82) is 0 Å². The number of aryl methyl sites for hydroxylation is 4. The van der Waals surface area contributed by atoms with Crippen molar-refractivity contribution in [2.24, 2.45) is 0 Å². The highest BCUT2D eigenvalue weighted by atomic mass is 32.1. The molecule has 1 N–H and O–H groups in total. The average Bonchev–Trinajstić information content (AvgIpc) is 3.20. The fourth-order valence-corrected chi connectivity index (χ4v) is 6.70. The van der Waals surface area contributed by atoms with Gasteiger partial charge in [0.25, 0.3) is 0 Å². The van der Waals surface area contributed by atoms with Crippen LogP contribution >= 0.6 is 25.3 Å². The van der Waals surface area contributed by atoms with Gasteiger partial charge in [-0.1, -0.05) is 48.0 Å². The largest absolute Gasteiger partial charge is 0.309 e. The molecule has 0 heterocycles. The lowest BCUT2D eigenvalue weighted by Crippen LogP contribution is -2.18. The third-order valence-corrected chi connectivity index (χ3v) is 9.03. The molecule has 3 heteroatoms. The van der Waals surface area contributed by atoms with Gasteiger partial charge in [0.15, 0.2) is 0 Å². The Bertz CT molecular complexity index is 1530. The van der Waals surface area contributed by atoms with Crippen molar-refractivity contribution < 1.29 is 0 Å². The van der Waals surface area contributed by atoms with E-state index < -0.39 is 0 Å². The topological polar surface area (TPSA) is 12.0 Å². The van der Waals surface area contributed by atoms with Crippen molar-refractivity contribution in [3.05, 3.63) is 104 Å². The van der Waals surface area contributed by atoms with Crippen molar-refractivity contribution in [3.63, 3.8) is 0 Å². The standard InChI is InChI=1S/C33H35NS2/c1-17-9-8-10-23(11-17)32(34-7)27-14-24-15-28-31(26(24)16-29(27)35)21(5)30(22(6)33(28)36)25-13-19(3)18(2)12-20(25)4/h8-14,16,32,34-36H,15H2,1-7H3. The highest BCUT2D eigenvalue weighted by Gasteiger charge is 2.29. The first kappa shape index (κ1) is 25.2. The van der Waals surface area contributed by atoms with E-state index in [1.54, 1.807) is 0 Å². The molecule has 1 nitrogen and oxygen atoms in total. The maximum absolute atomic E-state index is 5.10. The summed E-state index contributed by atoms with van der Waals surface area (Å²) in [5.74, 6) is 0. The van der Waals surface area contributed by atoms with Crippen molar-refractivity contribution in [2.75, 3.05) is 7.05 Å². The minimum absolute atomic E-state index is 0.0958. The monoisotopic (exact) mass is 509 g/mol. The molecule has 184 valence electrons. The molecule has 1 aliphatic rings. The van der Waals surface area contributed by atoms with E-state index in [-0.39, 0.29) is 6.04 Å². The summed E-state index contributed by atoms with van der Waals surface area (Å²) >= 11 is 10.1. The fraction of sp³-hybridized carbons (Fsp3) is 0.273. The van der Waals surface area contributed by atoms with Gasteiger partial charge in [-0.05, 0) is 133 Å². The number of thiol groups is 2. The van der Waals surface area contributed by atoms with E-state index in [9.17, 15) is 0 Å². The van der Waals surface area contributed by atoms with Crippen molar-refractivity contribution in [3.8, 4) is 22.3 Å². The lowest BCUT2D eigenvalue weighted by molar-refractivity contribution is 0.679. The lowest BCUT2D eigenvalue weighted by Gasteiger charge is -2.22. The number of hydrogen-bond acceptors (Lipinski definition) is 3. The second-order valence-corrected chi connectivity index (χ2v) is 11.4. The molecule has 0 aliphatic heterocycles. The molecule has 0 aromatic heterocycles. The highest BCUT2D eigenvalue weighted by Crippen LogP contribution is 2.49. The quantitative estimate of drug-likeness (QED) is 0.206. The Kier molecular flexibility index (Phi) is 6.61. The molecule has 0 radical (unpaired) electrons. The molecule has 0 amide bonds. The van der Waals surface area contributed by atoms with Crippen molar-refractivity contribution >= 4 is 25.3 Å². The Morgan fingerprint density at radius 3 is 2.17 bits per heavy atom. The molecule has 36 heavy (non-hydrogen) atoms. The van der Waals surface area contributed by atoms with Crippen LogP contribution in [-0.2, 0) is 6.42 Å². The zero-order chi connectivity index (χ0) is 25.9. The normalized spacial score (nSPS) is 13.0. The van der Waals surface area contributed by atoms with E-state index in [2.05, 4.69) is 95.4 Å². The molecule has 0 saturated carbocycles. The maximum Gasteiger partial charge on any atom is 0.0585 e. The molecule has 1 atom stereocenters. The third kappa shape index (κ3) is 4.02. The van der Waals surface area contributed by atoms with Gasteiger partial charge in [-0.25, -0.2) is 0 Å². The van der Waals surface area contributed by atoms with E-state index in [4.69, 9.17) is 25.3 Å². The van der Waals surface area contributed by atoms with Gasteiger partial charge in [0.2, 0.25) is 0 Å². The molecule has 5 rings (SSSR count). The summed E-state index contributed by atoms with van der Waals surface area (Å²) in [6.07, 6.45) is 0.905. The predicted octanol–water partition coefficient (Wildman–Crippen LogP) is 8.66. The summed E-state index contributed by atoms with van der Waals surface area (Å²) < 4.78 is 0. The van der Waals surface area contributed by atoms with Crippen LogP contribution in [0.5, 0.6) is 0 Å². The zero-order valence-corrected chi connectivity index (χ0v) is 24.1. The van der Waals surface area contributed by atoms with Gasteiger partial charge in [-0.15, -0.1) is 25.3 Å². The van der Waals surface area contributed by atoms with Crippen LogP contribution in [0.15, 0.2) is 58.3 Å². The number of benzene rings is 4. The van der Waals surface area contributed by atoms with Gasteiger partial charge in [0.1, 0.15) is 0 Å². The van der Waals surface area contributed by atoms with E-state index in [1.165, 1.54) is 77.9 Å². The number of hydrogen-bond donors (Lipinski definition) is 3. The van der Waals surface area contributed by atoms with Crippen LogP contribution in [-0.4, -0.2) is 7.05 Å². The first-order valence-electron chi connectivity index (χ1n) is 12.7. The Morgan fingerprint density at radius 1 is 0.750 bits per heavy atom. The zero-order valence-electron chi connectivity index (χ0n) is 22.3. The number of fused-ring (bicyclic) bond motifs is 3. The minimum atomic E-state index is 0.0958. The van der Waals surface area contributed by atoms with E-state index >= 15 is 0 Å². The lowest BCUT2D eigenvalue weighted by atomic mass is 9.85. The Balaban J connectivity index is 1.70. The van der Waals surface area contributed by atoms with Crippen LogP contribution in [0, 0.1) is 41.5 Å². The van der Waals surface area contributed by atoms with E-state index in [0.29, 0.717) is 0 Å². The SMILES string of the molecule is CNC(c1cccc(C)c1)c1cc2c(cc1S)-c1c(C)c(-c3cc(C)c(C)cc3C)c(C)c(S)c1C2. The molecule has 4 aromatic rings. The summed E-state index contributed by atoms with van der Waals surface area (Å²) in [7, 11) is 2.03. The Labute approximate surface area is 227 Å². The molecule has 1 aliphatic carbocycles. The summed E-state index contributed by atoms with van der Waals surface area (Å²) in [5, 5.41) is 3.53. The Morgan fingerprint density at radius 2 is 1.47 bits per heavy atom. The molecule has 4 aromatic carbocycles. The molecule has 0 spiro atoms. The maximum atomic E-state index is 5.10. The van der Waals surface area contributed by atoms with Crippen LogP contribution in [0.1, 0.15) is 61.7 Å². The highest BCUT2D eigenvalue weighted by molar-refractivity contribution is 7.80. The van der Waals surface area contributed by atoms with Crippen LogP contribution in [0.3, 0.4) is 0 Å². The number of rotatable bonds is 4. The van der Waals surface area contributed by atoms with Crippen LogP contribution in [0.4, 0.5) is 0 Å². The third-order valence-electron chi connectivity index (χ3n) is 8.04. The smallest absolute Gasteiger partial charge is 0.0585 e. The van der Waals surface area contributed by atoms with Crippen molar-refractivity contribution in [2.45, 2.75) is 63.8 Å². The molecule has 0 fully saturated rings. The molecule has 0 bridgehead atoms. The van der Waals surface area contributed by atoms with Crippen molar-refractivity contribution in [1.82, 2.24) is 5.32 Å². The first-order chi connectivity index (χ1) is 17.1. The van der Waals surface area contributed by atoms with Crippen LogP contribution < -0.4 is 5.32 Å². The summed E-state index contributed by atoms with van der Waals surface area (Å²) in [6, 6.07) is 18.1. The van der Waals surface area contributed by atoms with E-state index in [1.807, 2.05) is 7.05 Å². The van der Waals surface area contributed by atoms with Gasteiger partial charge in [-0.3, -0.25) is 0 Å². The van der Waals surface area contributed by atoms with Crippen LogP contribution in [0.2, 0.25) is 0 Å². The average molecular weight is 510 g/mol. The van der Waals surface area contributed by atoms with Crippen LogP contribution in [0.25, 0.3) is 22.3 Å². The Hall–Kier alpha value is -2.46. The van der Waals surface area contributed by atoms with Gasteiger partial charge in [0, 0.05) is 9.79 Å². The van der Waals surface area contributed by atoms with E-state index in [0.717, 1.165) is 16.2 Å². The fourth-order valence-electron chi connectivity index (χ4n) is 6.07. The second-order valence-electron chi connectivity index (χ2n) is 10.5. The molecule has 0 saturated heterocycles. The minimum Gasteiger partial charge on any atom is -0.309 e. The van der Waals surface area contributed by atoms with Gasteiger partial charge < -0.3 is 5.32 Å². The summed E-state index contributed by atoms with van der Waals surface area (Å²) in [4.78, 5) is 2.14. The number of nitrogens with one attached hydrogen (secondary N) is 1. The second kappa shape index (κ2) is 9.45. The summed E-state index contributed by atoms with van der Waals surface area (Å²) in [6.45, 7) is 13.3. The molecule has 1 unspecified atom stereocenters. The van der Waals surface area contributed by atoms with Gasteiger partial charge in [-0.2, -0.15) is 0 Å². The van der Waals surface area contributed by atoms with Gasteiger partial charge in [0.05, 0.1) is 6.04 Å². The first-order valence-corrected chi connectivity index (χ1v) is 13.5. The van der Waals surface area contributed by atoms with Gasteiger partial charge >= 0.3 is 0 Å². The summed E-state index contributed by atoms with van der Waals surface area (Å²) in [5.41, 5.74) is 18.3. The molecular weight excluding hydrogens is 475 g/mol. The molecular formula is C33H35NS2. The predicted molar refractivity (Wildman–Crippen MR) is 160 cm³/mol.